The normalized spacial score (nSPS) is 13.5. The van der Waals surface area contributed by atoms with Gasteiger partial charge in [-0.3, -0.25) is 10.1 Å². The number of benzene rings is 2. The molecule has 30 heavy (non-hydrogen) atoms. The van der Waals surface area contributed by atoms with Gasteiger partial charge in [0.2, 0.25) is 0 Å². The quantitative estimate of drug-likeness (QED) is 0.127. The van der Waals surface area contributed by atoms with Crippen LogP contribution >= 0.6 is 0 Å². The molecule has 0 unspecified atom stereocenters. The van der Waals surface area contributed by atoms with E-state index in [0.717, 1.165) is 11.1 Å². The number of non-ortho nitro benzene ring substituents is 1. The summed E-state index contributed by atoms with van der Waals surface area (Å²) in [6.45, 7) is 4.81. The van der Waals surface area contributed by atoms with Gasteiger partial charge in [0, 0.05) is 25.7 Å². The minimum atomic E-state index is -0.525. The molecule has 7 nitrogen and oxygen atoms in total. The number of hydrogen-bond donors (Lipinski definition) is 0. The number of hydrogen-bond acceptors (Lipinski definition) is 6. The fraction of sp³-hybridized carbons (Fsp3) is 0.348. The van der Waals surface area contributed by atoms with Crippen LogP contribution in [-0.2, 0) is 14.2 Å². The Bertz CT molecular complexity index is 848. The van der Waals surface area contributed by atoms with Crippen LogP contribution in [-0.4, -0.2) is 31.4 Å². The molecule has 0 aliphatic heterocycles. The lowest BCUT2D eigenvalue weighted by atomic mass is 9.99. The van der Waals surface area contributed by atoms with Crippen molar-refractivity contribution in [2.24, 2.45) is 5.92 Å². The molecule has 0 spiro atoms. The van der Waals surface area contributed by atoms with Crippen LogP contribution < -0.4 is 0 Å². The highest BCUT2D eigenvalue weighted by Crippen LogP contribution is 2.27. The molecule has 0 amide bonds. The minimum Gasteiger partial charge on any atom is -0.454 e. The molecule has 7 heteroatoms. The number of nitro groups is 1. The minimum absolute atomic E-state index is 0.0744. The van der Waals surface area contributed by atoms with Crippen LogP contribution in [0.1, 0.15) is 42.3 Å². The number of carbonyl (C=O) groups excluding carboxylic acids is 1. The predicted octanol–water partition coefficient (Wildman–Crippen LogP) is 5.09. The lowest BCUT2D eigenvalue weighted by molar-refractivity contribution is -0.384. The van der Waals surface area contributed by atoms with Gasteiger partial charge in [0.05, 0.1) is 17.1 Å². The number of nitrogens with zero attached hydrogens (tertiary/aromatic N) is 1. The molecular formula is C23H27NO6. The van der Waals surface area contributed by atoms with Crippen LogP contribution in [0.4, 0.5) is 5.69 Å². The molecular weight excluding hydrogens is 386 g/mol. The summed E-state index contributed by atoms with van der Waals surface area (Å²) in [6.07, 6.45) is 2.14. The van der Waals surface area contributed by atoms with Gasteiger partial charge in [-0.05, 0) is 30.5 Å². The van der Waals surface area contributed by atoms with E-state index in [9.17, 15) is 14.9 Å². The first-order valence-electron chi connectivity index (χ1n) is 9.65. The highest BCUT2D eigenvalue weighted by atomic mass is 16.7. The standard InChI is InChI=1S/C23H27NO6/c1-17(13-18(2)15-29-16-28-3)14-22(19-7-5-4-6-8-19)30-23(25)20-9-11-21(12-10-20)24(26)27/h4-13,18,22H,14-16H2,1-3H3/b17-13+/t18-,22-/m1/s1. The van der Waals surface area contributed by atoms with Crippen molar-refractivity contribution in [3.05, 3.63) is 87.5 Å². The maximum absolute atomic E-state index is 12.6. The predicted molar refractivity (Wildman–Crippen MR) is 113 cm³/mol. The molecule has 0 N–H and O–H groups in total. The van der Waals surface area contributed by atoms with Gasteiger partial charge < -0.3 is 14.2 Å². The Morgan fingerprint density at radius 2 is 1.80 bits per heavy atom. The lowest BCUT2D eigenvalue weighted by Gasteiger charge is -2.20. The summed E-state index contributed by atoms with van der Waals surface area (Å²) >= 11 is 0. The van der Waals surface area contributed by atoms with Crippen LogP contribution in [0.25, 0.3) is 0 Å². The summed E-state index contributed by atoms with van der Waals surface area (Å²) in [4.78, 5) is 22.9. The molecule has 160 valence electrons. The first-order chi connectivity index (χ1) is 14.4. The van der Waals surface area contributed by atoms with E-state index in [1.807, 2.05) is 44.2 Å². The largest absolute Gasteiger partial charge is 0.454 e. The van der Waals surface area contributed by atoms with E-state index in [0.29, 0.717) is 13.0 Å². The third-order valence-electron chi connectivity index (χ3n) is 4.39. The average molecular weight is 413 g/mol. The Labute approximate surface area is 176 Å². The fourth-order valence-corrected chi connectivity index (χ4v) is 3.02. The molecule has 0 saturated heterocycles. The van der Waals surface area contributed by atoms with Crippen molar-refractivity contribution < 1.29 is 23.9 Å². The van der Waals surface area contributed by atoms with Crippen LogP contribution in [0.3, 0.4) is 0 Å². The third-order valence-corrected chi connectivity index (χ3v) is 4.39. The summed E-state index contributed by atoms with van der Waals surface area (Å²) in [5, 5.41) is 10.8. The molecule has 2 aromatic rings. The molecule has 0 fully saturated rings. The smallest absolute Gasteiger partial charge is 0.338 e. The van der Waals surface area contributed by atoms with Crippen molar-refractivity contribution in [3.63, 3.8) is 0 Å². The Hall–Kier alpha value is -3.03. The van der Waals surface area contributed by atoms with Gasteiger partial charge in [-0.25, -0.2) is 4.79 Å². The average Bonchev–Trinajstić information content (AvgIpc) is 2.74. The molecule has 0 aliphatic rings. The molecule has 0 aromatic heterocycles. The second-order valence-electron chi connectivity index (χ2n) is 7.08. The van der Waals surface area contributed by atoms with Gasteiger partial charge in [-0.2, -0.15) is 0 Å². The fourth-order valence-electron chi connectivity index (χ4n) is 3.02. The third kappa shape index (κ3) is 7.42. The van der Waals surface area contributed by atoms with E-state index >= 15 is 0 Å². The van der Waals surface area contributed by atoms with Gasteiger partial charge in [-0.15, -0.1) is 0 Å². The molecule has 2 rings (SSSR count). The Morgan fingerprint density at radius 3 is 2.40 bits per heavy atom. The van der Waals surface area contributed by atoms with Crippen LogP contribution in [0.15, 0.2) is 66.2 Å². The molecule has 0 saturated carbocycles. The summed E-state index contributed by atoms with van der Waals surface area (Å²) in [6, 6.07) is 14.9. The monoisotopic (exact) mass is 413 g/mol. The number of nitro benzene ring substituents is 1. The van der Waals surface area contributed by atoms with Gasteiger partial charge in [0.1, 0.15) is 12.9 Å². The zero-order chi connectivity index (χ0) is 21.9. The second-order valence-corrected chi connectivity index (χ2v) is 7.08. The number of methoxy groups -OCH3 is 1. The van der Waals surface area contributed by atoms with Crippen LogP contribution in [0, 0.1) is 16.0 Å². The van der Waals surface area contributed by atoms with Gasteiger partial charge in [0.15, 0.2) is 0 Å². The highest BCUT2D eigenvalue weighted by molar-refractivity contribution is 5.89. The van der Waals surface area contributed by atoms with Gasteiger partial charge in [-0.1, -0.05) is 48.9 Å². The molecule has 0 bridgehead atoms. The number of rotatable bonds is 11. The maximum atomic E-state index is 12.6. The van der Waals surface area contributed by atoms with E-state index in [1.165, 1.54) is 24.3 Å². The Balaban J connectivity index is 2.11. The van der Waals surface area contributed by atoms with Gasteiger partial charge >= 0.3 is 5.97 Å². The van der Waals surface area contributed by atoms with Crippen molar-refractivity contribution >= 4 is 11.7 Å². The SMILES string of the molecule is COCOC[C@H](C)/C=C(\C)C[C@@H](OC(=O)c1ccc([N+](=O)[O-])cc1)c1ccccc1. The number of ether oxygens (including phenoxy) is 3. The molecule has 0 aliphatic carbocycles. The maximum Gasteiger partial charge on any atom is 0.338 e. The molecule has 0 heterocycles. The molecule has 2 atom stereocenters. The highest BCUT2D eigenvalue weighted by Gasteiger charge is 2.19. The van der Waals surface area contributed by atoms with Crippen molar-refractivity contribution in [3.8, 4) is 0 Å². The van der Waals surface area contributed by atoms with Crippen molar-refractivity contribution in [1.82, 2.24) is 0 Å². The van der Waals surface area contributed by atoms with Crippen molar-refractivity contribution in [2.45, 2.75) is 26.4 Å². The summed E-state index contributed by atoms with van der Waals surface area (Å²) in [7, 11) is 1.58. The topological polar surface area (TPSA) is 87.9 Å². The zero-order valence-electron chi connectivity index (χ0n) is 17.4. The number of esters is 1. The summed E-state index contributed by atoms with van der Waals surface area (Å²) in [5.74, 6) is -0.343. The zero-order valence-corrected chi connectivity index (χ0v) is 17.4. The van der Waals surface area contributed by atoms with E-state index in [1.54, 1.807) is 7.11 Å². The van der Waals surface area contributed by atoms with E-state index in [2.05, 4.69) is 6.08 Å². The van der Waals surface area contributed by atoms with E-state index in [4.69, 9.17) is 14.2 Å². The van der Waals surface area contributed by atoms with Crippen molar-refractivity contribution in [2.75, 3.05) is 20.5 Å². The van der Waals surface area contributed by atoms with Crippen molar-refractivity contribution in [1.29, 1.82) is 0 Å². The van der Waals surface area contributed by atoms with Gasteiger partial charge in [0.25, 0.3) is 5.69 Å². The van der Waals surface area contributed by atoms with E-state index < -0.39 is 17.0 Å². The molecule has 0 radical (unpaired) electrons. The van der Waals surface area contributed by atoms with Crippen LogP contribution in [0.5, 0.6) is 0 Å². The first kappa shape index (κ1) is 23.3. The first-order valence-corrected chi connectivity index (χ1v) is 9.65. The summed E-state index contributed by atoms with van der Waals surface area (Å²) < 4.78 is 16.0. The van der Waals surface area contributed by atoms with Crippen LogP contribution in [0.2, 0.25) is 0 Å². The molecule has 2 aromatic carbocycles. The Kier molecular flexibility index (Phi) is 9.18. The lowest BCUT2D eigenvalue weighted by Crippen LogP contribution is -2.13. The summed E-state index contributed by atoms with van der Waals surface area (Å²) in [5.41, 5.74) is 2.14. The van der Waals surface area contributed by atoms with E-state index in [-0.39, 0.29) is 24.0 Å². The second kappa shape index (κ2) is 11.8. The number of carbonyl (C=O) groups is 1. The Morgan fingerprint density at radius 1 is 1.13 bits per heavy atom.